The summed E-state index contributed by atoms with van der Waals surface area (Å²) in [5.41, 5.74) is -0.221. The van der Waals surface area contributed by atoms with Crippen LogP contribution < -0.4 is 0 Å². The lowest BCUT2D eigenvalue weighted by Crippen LogP contribution is -2.56. The second-order valence-corrected chi connectivity index (χ2v) is 11.1. The van der Waals surface area contributed by atoms with E-state index >= 15 is 0 Å². The van der Waals surface area contributed by atoms with Gasteiger partial charge in [0.15, 0.2) is 0 Å². The molecule has 1 amide bonds. The Morgan fingerprint density at radius 2 is 1.65 bits per heavy atom. The van der Waals surface area contributed by atoms with Crippen molar-refractivity contribution in [1.82, 2.24) is 10.0 Å². The summed E-state index contributed by atoms with van der Waals surface area (Å²) in [5, 5.41) is 3.93. The lowest BCUT2D eigenvalue weighted by atomic mass is 10.1. The summed E-state index contributed by atoms with van der Waals surface area (Å²) in [5.74, 6) is 0. The second-order valence-electron chi connectivity index (χ2n) is 6.62. The minimum atomic E-state index is -1.83. The molecule has 0 N–H and O–H groups in total. The van der Waals surface area contributed by atoms with Gasteiger partial charge in [0.2, 0.25) is 8.32 Å². The second kappa shape index (κ2) is 4.98. The number of carbonyl (C=O) groups excluding carboxylic acids is 1. The van der Waals surface area contributed by atoms with Crippen LogP contribution in [0.15, 0.2) is 0 Å². The van der Waals surface area contributed by atoms with Gasteiger partial charge in [-0.25, -0.2) is 14.8 Å². The third-order valence-electron chi connectivity index (χ3n) is 2.57. The average Bonchev–Trinajstić information content (AvgIpc) is 2.49. The van der Waals surface area contributed by atoms with Gasteiger partial charge in [-0.1, -0.05) is 0 Å². The van der Waals surface area contributed by atoms with E-state index in [1.807, 2.05) is 19.6 Å². The Morgan fingerprint density at radius 1 is 1.18 bits per heavy atom. The Morgan fingerprint density at radius 3 is 2.00 bits per heavy atom. The molecule has 0 radical (unpaired) electrons. The smallest absolute Gasteiger partial charge is 0.411 e. The summed E-state index contributed by atoms with van der Waals surface area (Å²) in [6.45, 7) is 14.2. The van der Waals surface area contributed by atoms with Gasteiger partial charge in [-0.05, 0) is 53.3 Å². The molecule has 5 heteroatoms. The number of amides is 1. The first-order valence-electron chi connectivity index (χ1n) is 6.39. The number of hydrazine groups is 1. The van der Waals surface area contributed by atoms with Gasteiger partial charge in [0, 0.05) is 13.1 Å². The molecule has 0 aliphatic carbocycles. The highest BCUT2D eigenvalue weighted by Crippen LogP contribution is 2.23. The number of carbonyl (C=O) groups is 1. The molecule has 0 atom stereocenters. The molecule has 0 saturated carbocycles. The van der Waals surface area contributed by atoms with Crippen LogP contribution in [0.1, 0.15) is 33.6 Å². The fraction of sp³-hybridized carbons (Fsp3) is 0.917. The normalized spacial score (nSPS) is 18.2. The number of hydrogen-bond acceptors (Lipinski definition) is 3. The molecule has 0 unspecified atom stereocenters. The Kier molecular flexibility index (Phi) is 4.25. The monoisotopic (exact) mass is 258 g/mol. The van der Waals surface area contributed by atoms with Crippen molar-refractivity contribution in [3.8, 4) is 0 Å². The van der Waals surface area contributed by atoms with Crippen LogP contribution in [0.3, 0.4) is 0 Å². The maximum Gasteiger partial charge on any atom is 0.411 e. The standard InChI is InChI=1S/C12H26N2O2Si/c1-12(2,3)14(13-9-7-8-10-13)11(15)16-17(4,5)6/h7-10H2,1-6H3. The van der Waals surface area contributed by atoms with E-state index < -0.39 is 8.32 Å². The highest BCUT2D eigenvalue weighted by Gasteiger charge is 2.36. The van der Waals surface area contributed by atoms with Gasteiger partial charge >= 0.3 is 6.09 Å². The summed E-state index contributed by atoms with van der Waals surface area (Å²) in [7, 11) is -1.83. The Hall–Kier alpha value is -0.553. The van der Waals surface area contributed by atoms with Crippen molar-refractivity contribution in [2.24, 2.45) is 0 Å². The molecule has 0 spiro atoms. The zero-order valence-corrected chi connectivity index (χ0v) is 13.0. The Balaban J connectivity index is 2.79. The molecule has 0 bridgehead atoms. The van der Waals surface area contributed by atoms with E-state index in [1.165, 1.54) is 0 Å². The van der Waals surface area contributed by atoms with E-state index in [-0.39, 0.29) is 11.6 Å². The Bertz CT molecular complexity index is 275. The molecule has 0 aromatic rings. The molecule has 1 fully saturated rings. The molecule has 1 aliphatic heterocycles. The number of hydrogen-bond donors (Lipinski definition) is 0. The molecule has 1 rings (SSSR count). The summed E-state index contributed by atoms with van der Waals surface area (Å²) in [4.78, 5) is 12.3. The molecule has 0 aromatic heterocycles. The third-order valence-corrected chi connectivity index (χ3v) is 3.35. The first-order chi connectivity index (χ1) is 7.61. The summed E-state index contributed by atoms with van der Waals surface area (Å²) in [6, 6.07) is 0. The van der Waals surface area contributed by atoms with E-state index in [0.29, 0.717) is 0 Å². The van der Waals surface area contributed by atoms with Crippen LogP contribution in [0.4, 0.5) is 4.79 Å². The van der Waals surface area contributed by atoms with Crippen molar-refractivity contribution in [2.75, 3.05) is 13.1 Å². The molecule has 17 heavy (non-hydrogen) atoms. The molecule has 1 aliphatic rings. The molecule has 0 aromatic carbocycles. The van der Waals surface area contributed by atoms with Crippen LogP contribution >= 0.6 is 0 Å². The van der Waals surface area contributed by atoms with Gasteiger partial charge in [0.1, 0.15) is 0 Å². The van der Waals surface area contributed by atoms with Crippen LogP contribution in [0, 0.1) is 0 Å². The van der Waals surface area contributed by atoms with Crippen molar-refractivity contribution in [3.05, 3.63) is 0 Å². The quantitative estimate of drug-likeness (QED) is 0.714. The lowest BCUT2D eigenvalue weighted by molar-refractivity contribution is -0.0481. The number of rotatable bonds is 2. The minimum absolute atomic E-state index is 0.182. The van der Waals surface area contributed by atoms with Gasteiger partial charge in [0.05, 0.1) is 5.54 Å². The fourth-order valence-corrected chi connectivity index (χ4v) is 2.63. The SMILES string of the molecule is CC(C)(C)N(C(=O)O[Si](C)(C)C)N1CCCC1. The molecular weight excluding hydrogens is 232 g/mol. The topological polar surface area (TPSA) is 32.8 Å². The van der Waals surface area contributed by atoms with Crippen LogP contribution in [0.25, 0.3) is 0 Å². The van der Waals surface area contributed by atoms with Crippen LogP contribution in [-0.4, -0.2) is 43.1 Å². The van der Waals surface area contributed by atoms with E-state index in [9.17, 15) is 4.79 Å². The van der Waals surface area contributed by atoms with Crippen LogP contribution in [-0.2, 0) is 4.43 Å². The van der Waals surface area contributed by atoms with Gasteiger partial charge in [-0.15, -0.1) is 0 Å². The predicted molar refractivity (Wildman–Crippen MR) is 72.2 cm³/mol. The molecule has 1 saturated heterocycles. The first-order valence-corrected chi connectivity index (χ1v) is 9.80. The van der Waals surface area contributed by atoms with Crippen molar-refractivity contribution in [2.45, 2.75) is 58.8 Å². The third kappa shape index (κ3) is 4.31. The van der Waals surface area contributed by atoms with Gasteiger partial charge in [-0.2, -0.15) is 0 Å². The zero-order valence-electron chi connectivity index (χ0n) is 12.0. The van der Waals surface area contributed by atoms with Gasteiger partial charge < -0.3 is 4.43 Å². The Labute approximate surface area is 106 Å². The van der Waals surface area contributed by atoms with Crippen LogP contribution in [0.5, 0.6) is 0 Å². The van der Waals surface area contributed by atoms with Crippen molar-refractivity contribution < 1.29 is 9.22 Å². The molecule has 4 nitrogen and oxygen atoms in total. The van der Waals surface area contributed by atoms with E-state index in [0.717, 1.165) is 25.9 Å². The fourth-order valence-electron chi connectivity index (χ4n) is 2.02. The summed E-state index contributed by atoms with van der Waals surface area (Å²) < 4.78 is 5.62. The van der Waals surface area contributed by atoms with Crippen molar-refractivity contribution >= 4 is 14.4 Å². The summed E-state index contributed by atoms with van der Waals surface area (Å²) in [6.07, 6.45) is 2.14. The highest BCUT2D eigenvalue weighted by molar-refractivity contribution is 6.71. The summed E-state index contributed by atoms with van der Waals surface area (Å²) >= 11 is 0. The minimum Gasteiger partial charge on any atom is -0.503 e. The van der Waals surface area contributed by atoms with Crippen molar-refractivity contribution in [1.29, 1.82) is 0 Å². The predicted octanol–water partition coefficient (Wildman–Crippen LogP) is 3.07. The maximum atomic E-state index is 12.3. The lowest BCUT2D eigenvalue weighted by Gasteiger charge is -2.42. The largest absolute Gasteiger partial charge is 0.503 e. The molecular formula is C12H26N2O2Si. The van der Waals surface area contributed by atoms with E-state index in [1.54, 1.807) is 5.01 Å². The van der Waals surface area contributed by atoms with E-state index in [2.05, 4.69) is 25.8 Å². The van der Waals surface area contributed by atoms with Crippen molar-refractivity contribution in [3.63, 3.8) is 0 Å². The zero-order chi connectivity index (χ0) is 13.3. The maximum absolute atomic E-state index is 12.3. The van der Waals surface area contributed by atoms with Gasteiger partial charge in [0.25, 0.3) is 0 Å². The number of nitrogens with zero attached hydrogens (tertiary/aromatic N) is 2. The average molecular weight is 258 g/mol. The first kappa shape index (κ1) is 14.5. The van der Waals surface area contributed by atoms with Crippen LogP contribution in [0.2, 0.25) is 19.6 Å². The van der Waals surface area contributed by atoms with Gasteiger partial charge in [-0.3, -0.25) is 0 Å². The highest BCUT2D eigenvalue weighted by atomic mass is 28.4. The van der Waals surface area contributed by atoms with E-state index in [4.69, 9.17) is 4.43 Å². The molecule has 100 valence electrons. The molecule has 1 heterocycles.